The summed E-state index contributed by atoms with van der Waals surface area (Å²) in [6.45, 7) is -1.36. The number of hydrogen-bond acceptors (Lipinski definition) is 10. The first-order valence-electron chi connectivity index (χ1n) is 7.81. The van der Waals surface area contributed by atoms with Crippen LogP contribution in [0.2, 0.25) is 0 Å². The fourth-order valence-electron chi connectivity index (χ4n) is 2.57. The van der Waals surface area contributed by atoms with E-state index < -0.39 is 66.3 Å². The average Bonchev–Trinajstić information content (AvgIpc) is 2.86. The molecule has 6 N–H and O–H groups in total. The quantitative estimate of drug-likeness (QED) is 0.193. The molecular formula is C10H14F3N2O13P3S. The lowest BCUT2D eigenvalue weighted by Gasteiger charge is -2.24. The summed E-state index contributed by atoms with van der Waals surface area (Å²) >= 11 is 4.67. The minimum Gasteiger partial charge on any atom is -0.389 e. The van der Waals surface area contributed by atoms with Gasteiger partial charge in [0.05, 0.1) is 12.7 Å². The SMILES string of the molecule is O=c1[nH]c(=S)ccn1[C@@H]1O[C@H](COP(=O)(O)OP(=O)(O)OP(=O)(O)O)[C@H](O)[C@@H]1C(F)(F)F. The molecule has 22 heteroatoms. The van der Waals surface area contributed by atoms with E-state index in [1.807, 2.05) is 4.98 Å². The van der Waals surface area contributed by atoms with Crippen LogP contribution in [0.1, 0.15) is 6.23 Å². The summed E-state index contributed by atoms with van der Waals surface area (Å²) < 4.78 is 90.3. The van der Waals surface area contributed by atoms with Crippen molar-refractivity contribution in [1.82, 2.24) is 9.55 Å². The van der Waals surface area contributed by atoms with E-state index in [0.29, 0.717) is 4.57 Å². The molecule has 2 unspecified atom stereocenters. The first-order valence-corrected chi connectivity index (χ1v) is 12.7. The van der Waals surface area contributed by atoms with Crippen molar-refractivity contribution in [3.8, 4) is 0 Å². The van der Waals surface area contributed by atoms with Crippen molar-refractivity contribution in [3.63, 3.8) is 0 Å². The summed E-state index contributed by atoms with van der Waals surface area (Å²) in [7, 11) is -17.2. The van der Waals surface area contributed by atoms with Gasteiger partial charge in [0.1, 0.15) is 16.7 Å². The molecule has 1 aliphatic rings. The molecule has 0 spiro atoms. The zero-order valence-corrected chi connectivity index (χ0v) is 18.5. The number of nitrogens with zero attached hydrogens (tertiary/aromatic N) is 1. The van der Waals surface area contributed by atoms with Crippen molar-refractivity contribution >= 4 is 35.7 Å². The van der Waals surface area contributed by atoms with Gasteiger partial charge in [-0.1, -0.05) is 12.2 Å². The highest BCUT2D eigenvalue weighted by atomic mass is 32.1. The van der Waals surface area contributed by atoms with Crippen molar-refractivity contribution in [3.05, 3.63) is 27.4 Å². The number of rotatable bonds is 8. The molecule has 0 amide bonds. The Bertz CT molecular complexity index is 1100. The van der Waals surface area contributed by atoms with Crippen LogP contribution >= 0.6 is 35.7 Å². The molecule has 6 atom stereocenters. The van der Waals surface area contributed by atoms with Gasteiger partial charge in [-0.3, -0.25) is 14.1 Å². The largest absolute Gasteiger partial charge is 0.490 e. The molecule has 1 saturated heterocycles. The monoisotopic (exact) mass is 552 g/mol. The molecule has 1 aromatic heterocycles. The van der Waals surface area contributed by atoms with Gasteiger partial charge in [-0.05, 0) is 6.07 Å². The van der Waals surface area contributed by atoms with Crippen LogP contribution in [0, 0.1) is 10.6 Å². The second kappa shape index (κ2) is 9.46. The second-order valence-corrected chi connectivity index (χ2v) is 10.9. The van der Waals surface area contributed by atoms with E-state index in [4.69, 9.17) is 19.4 Å². The fraction of sp³-hybridized carbons (Fsp3) is 0.600. The van der Waals surface area contributed by atoms with Gasteiger partial charge in [0.2, 0.25) is 0 Å². The molecule has 0 saturated carbocycles. The minimum atomic E-state index is -5.87. The Morgan fingerprint density at radius 3 is 2.25 bits per heavy atom. The van der Waals surface area contributed by atoms with E-state index in [1.54, 1.807) is 0 Å². The highest BCUT2D eigenvalue weighted by molar-refractivity contribution is 7.71. The molecule has 0 radical (unpaired) electrons. The first kappa shape index (κ1) is 27.5. The molecule has 0 aromatic carbocycles. The summed E-state index contributed by atoms with van der Waals surface area (Å²) in [6.07, 6.45) is -10.9. The predicted molar refractivity (Wildman–Crippen MR) is 95.2 cm³/mol. The van der Waals surface area contributed by atoms with Crippen LogP contribution < -0.4 is 5.69 Å². The van der Waals surface area contributed by atoms with Crippen LogP contribution in [0.25, 0.3) is 0 Å². The smallest absolute Gasteiger partial charge is 0.389 e. The molecule has 0 bridgehead atoms. The number of phosphoric ester groups is 1. The zero-order valence-electron chi connectivity index (χ0n) is 15.0. The number of alkyl halides is 3. The van der Waals surface area contributed by atoms with Crippen LogP contribution in [0.5, 0.6) is 0 Å². The number of H-pyrrole nitrogens is 1. The number of halogens is 3. The Morgan fingerprint density at radius 1 is 1.16 bits per heavy atom. The molecule has 2 rings (SSSR count). The Kier molecular flexibility index (Phi) is 8.12. The van der Waals surface area contributed by atoms with Gasteiger partial charge < -0.3 is 29.4 Å². The number of nitrogens with one attached hydrogen (secondary N) is 1. The van der Waals surface area contributed by atoms with Gasteiger partial charge in [-0.25, -0.2) is 18.5 Å². The van der Waals surface area contributed by atoms with E-state index in [2.05, 4.69) is 25.4 Å². The Morgan fingerprint density at radius 2 is 1.75 bits per heavy atom. The van der Waals surface area contributed by atoms with Crippen molar-refractivity contribution in [1.29, 1.82) is 0 Å². The number of ether oxygens (including phenoxy) is 1. The van der Waals surface area contributed by atoms with E-state index in [1.165, 1.54) is 0 Å². The van der Waals surface area contributed by atoms with Gasteiger partial charge in [-0.15, -0.1) is 0 Å². The van der Waals surface area contributed by atoms with E-state index in [-0.39, 0.29) is 4.64 Å². The maximum atomic E-state index is 13.5. The third kappa shape index (κ3) is 7.36. The highest BCUT2D eigenvalue weighted by Gasteiger charge is 2.58. The standard InChI is InChI=1S/C10H14F3N2O13P3S/c11-10(12,13)6-7(16)4(26-8(6)15-2-1-5(32)14-9(15)17)3-25-30(21,22)28-31(23,24)27-29(18,19)20/h1-2,4,6-8,16H,3H2,(H,21,22)(H,23,24)(H,14,17,32)(H2,18,19,20)/t4-,6+,7+,8-/m1/s1. The molecule has 0 aliphatic carbocycles. The van der Waals surface area contributed by atoms with Crippen LogP contribution in [0.15, 0.2) is 17.1 Å². The summed E-state index contributed by atoms with van der Waals surface area (Å²) in [5.74, 6) is -2.72. The van der Waals surface area contributed by atoms with Gasteiger partial charge in [-0.2, -0.15) is 21.8 Å². The van der Waals surface area contributed by atoms with Gasteiger partial charge >= 0.3 is 35.3 Å². The van der Waals surface area contributed by atoms with Gasteiger partial charge in [0, 0.05) is 6.20 Å². The topological polar surface area (TPSA) is 227 Å². The lowest BCUT2D eigenvalue weighted by atomic mass is 9.99. The normalized spacial score (nSPS) is 28.2. The lowest BCUT2D eigenvalue weighted by molar-refractivity contribution is -0.211. The minimum absolute atomic E-state index is 0.113. The number of aromatic amines is 1. The molecule has 1 aliphatic heterocycles. The van der Waals surface area contributed by atoms with Crippen molar-refractivity contribution in [2.75, 3.05) is 6.61 Å². The summed E-state index contributed by atoms with van der Waals surface area (Å²) in [6, 6.07) is 1.05. The molecule has 32 heavy (non-hydrogen) atoms. The van der Waals surface area contributed by atoms with Gasteiger partial charge in [0.15, 0.2) is 6.23 Å². The van der Waals surface area contributed by atoms with Crippen LogP contribution in [-0.2, 0) is 31.6 Å². The summed E-state index contributed by atoms with van der Waals surface area (Å²) in [5, 5.41) is 10.0. The average molecular weight is 552 g/mol. The Labute approximate surface area is 179 Å². The zero-order chi connectivity index (χ0) is 24.7. The van der Waals surface area contributed by atoms with Crippen molar-refractivity contribution < 1.29 is 69.4 Å². The Hall–Kier alpha value is -0.780. The second-order valence-electron chi connectivity index (χ2n) is 6.03. The van der Waals surface area contributed by atoms with E-state index in [9.17, 15) is 41.7 Å². The van der Waals surface area contributed by atoms with E-state index >= 15 is 0 Å². The molecule has 2 heterocycles. The van der Waals surface area contributed by atoms with Crippen LogP contribution in [0.4, 0.5) is 13.2 Å². The molecule has 1 aromatic rings. The molecular weight excluding hydrogens is 538 g/mol. The molecule has 1 fully saturated rings. The molecule has 184 valence electrons. The number of hydrogen-bond donors (Lipinski definition) is 6. The van der Waals surface area contributed by atoms with Crippen molar-refractivity contribution in [2.45, 2.75) is 24.6 Å². The lowest BCUT2D eigenvalue weighted by Crippen LogP contribution is -2.40. The van der Waals surface area contributed by atoms with Crippen LogP contribution in [-0.4, -0.2) is 59.2 Å². The Balaban J connectivity index is 2.21. The predicted octanol–water partition coefficient (Wildman–Crippen LogP) is 0.686. The maximum absolute atomic E-state index is 13.5. The summed E-state index contributed by atoms with van der Waals surface area (Å²) in [5.41, 5.74) is -1.13. The van der Waals surface area contributed by atoms with Crippen LogP contribution in [0.3, 0.4) is 0 Å². The third-order valence-corrected chi connectivity index (χ3v) is 7.73. The third-order valence-electron chi connectivity index (χ3n) is 3.69. The number of aliphatic hydroxyl groups excluding tert-OH is 1. The number of aliphatic hydroxyl groups is 1. The maximum Gasteiger partial charge on any atom is 0.490 e. The number of phosphoric acid groups is 3. The van der Waals surface area contributed by atoms with Gasteiger partial charge in [0.25, 0.3) is 0 Å². The first-order chi connectivity index (χ1) is 14.3. The molecule has 15 nitrogen and oxygen atoms in total. The highest BCUT2D eigenvalue weighted by Crippen LogP contribution is 2.66. The fourth-order valence-corrected chi connectivity index (χ4v) is 5.75. The van der Waals surface area contributed by atoms with Crippen molar-refractivity contribution in [2.24, 2.45) is 5.92 Å². The number of aromatic nitrogens is 2. The van der Waals surface area contributed by atoms with E-state index in [0.717, 1.165) is 12.3 Å². The summed E-state index contributed by atoms with van der Waals surface area (Å²) in [4.78, 5) is 49.3.